The second-order valence-electron chi connectivity index (χ2n) is 11.8. The van der Waals surface area contributed by atoms with Gasteiger partial charge in [0.25, 0.3) is 5.91 Å². The average molecular weight is 499 g/mol. The maximum absolute atomic E-state index is 13.9. The summed E-state index contributed by atoms with van der Waals surface area (Å²) in [6.07, 6.45) is 6.68. The highest BCUT2D eigenvalue weighted by Gasteiger charge is 2.56. The van der Waals surface area contributed by atoms with Crippen LogP contribution in [0, 0.1) is 5.41 Å². The molecule has 0 bridgehead atoms. The molecule has 3 aromatic rings. The van der Waals surface area contributed by atoms with Crippen LogP contribution < -0.4 is 0 Å². The summed E-state index contributed by atoms with van der Waals surface area (Å²) >= 11 is 0. The summed E-state index contributed by atoms with van der Waals surface area (Å²) in [6, 6.07) is 19.0. The SMILES string of the molecule is CCCC1(C)CC2(CCCN(C3CCN(C(=O)c4c5ccccc5cc5ccccc45)CC3)C2)C(=O)O1. The Morgan fingerprint density at radius 3 is 2.30 bits per heavy atom. The number of amides is 1. The summed E-state index contributed by atoms with van der Waals surface area (Å²) in [5, 5.41) is 4.27. The summed E-state index contributed by atoms with van der Waals surface area (Å²) < 4.78 is 5.97. The smallest absolute Gasteiger partial charge is 0.314 e. The molecule has 0 aliphatic carbocycles. The van der Waals surface area contributed by atoms with Gasteiger partial charge in [-0.2, -0.15) is 0 Å². The minimum absolute atomic E-state index is 0.0172. The number of hydrogen-bond acceptors (Lipinski definition) is 4. The van der Waals surface area contributed by atoms with Gasteiger partial charge in [0.05, 0.1) is 11.0 Å². The van der Waals surface area contributed by atoms with Gasteiger partial charge in [0, 0.05) is 32.1 Å². The highest BCUT2D eigenvalue weighted by Crippen LogP contribution is 2.48. The zero-order valence-corrected chi connectivity index (χ0v) is 22.2. The summed E-state index contributed by atoms with van der Waals surface area (Å²) in [5.41, 5.74) is 0.163. The number of likely N-dealkylation sites (tertiary alicyclic amines) is 2. The molecule has 2 atom stereocenters. The molecular weight excluding hydrogens is 460 g/mol. The van der Waals surface area contributed by atoms with Crippen molar-refractivity contribution in [2.75, 3.05) is 26.2 Å². The molecular formula is C32H38N2O3. The molecule has 3 aliphatic heterocycles. The molecule has 3 aliphatic rings. The predicted octanol–water partition coefficient (Wildman–Crippen LogP) is 6.19. The number of rotatable bonds is 4. The molecule has 0 aromatic heterocycles. The number of hydrogen-bond donors (Lipinski definition) is 0. The zero-order valence-electron chi connectivity index (χ0n) is 22.2. The summed E-state index contributed by atoms with van der Waals surface area (Å²) in [7, 11) is 0. The largest absolute Gasteiger partial charge is 0.459 e. The fourth-order valence-electron chi connectivity index (χ4n) is 7.45. The van der Waals surface area contributed by atoms with Crippen molar-refractivity contribution in [3.8, 4) is 0 Å². The summed E-state index contributed by atoms with van der Waals surface area (Å²) in [6.45, 7) is 7.62. The van der Waals surface area contributed by atoms with Crippen molar-refractivity contribution in [1.82, 2.24) is 9.80 Å². The molecule has 3 saturated heterocycles. The molecule has 1 amide bonds. The Balaban J connectivity index is 1.18. The Morgan fingerprint density at radius 2 is 1.65 bits per heavy atom. The molecule has 0 N–H and O–H groups in total. The molecule has 37 heavy (non-hydrogen) atoms. The van der Waals surface area contributed by atoms with Gasteiger partial charge in [-0.3, -0.25) is 14.5 Å². The number of benzene rings is 3. The van der Waals surface area contributed by atoms with E-state index in [-0.39, 0.29) is 22.9 Å². The molecule has 6 rings (SSSR count). The molecule has 5 nitrogen and oxygen atoms in total. The van der Waals surface area contributed by atoms with Gasteiger partial charge in [0.1, 0.15) is 5.60 Å². The quantitative estimate of drug-likeness (QED) is 0.318. The lowest BCUT2D eigenvalue weighted by molar-refractivity contribution is -0.155. The summed E-state index contributed by atoms with van der Waals surface area (Å²) in [5.74, 6) is 0.153. The maximum Gasteiger partial charge on any atom is 0.314 e. The topological polar surface area (TPSA) is 49.9 Å². The van der Waals surface area contributed by atoms with Gasteiger partial charge in [0.15, 0.2) is 0 Å². The van der Waals surface area contributed by atoms with Crippen LogP contribution in [0.15, 0.2) is 54.6 Å². The second-order valence-corrected chi connectivity index (χ2v) is 11.8. The van der Waals surface area contributed by atoms with Gasteiger partial charge in [-0.1, -0.05) is 61.9 Å². The number of nitrogens with zero attached hydrogens (tertiary/aromatic N) is 2. The van der Waals surface area contributed by atoms with E-state index >= 15 is 0 Å². The number of fused-ring (bicyclic) bond motifs is 2. The maximum atomic E-state index is 13.9. The number of ether oxygens (including phenoxy) is 1. The van der Waals surface area contributed by atoms with Crippen LogP contribution in [0.25, 0.3) is 21.5 Å². The van der Waals surface area contributed by atoms with E-state index in [2.05, 4.69) is 49.1 Å². The van der Waals surface area contributed by atoms with E-state index in [0.29, 0.717) is 6.04 Å². The number of carbonyl (C=O) groups is 2. The molecule has 3 fully saturated rings. The van der Waals surface area contributed by atoms with E-state index in [9.17, 15) is 9.59 Å². The lowest BCUT2D eigenvalue weighted by Crippen LogP contribution is -2.53. The molecule has 3 aromatic carbocycles. The Morgan fingerprint density at radius 1 is 1.00 bits per heavy atom. The van der Waals surface area contributed by atoms with Crippen LogP contribution >= 0.6 is 0 Å². The first-order chi connectivity index (χ1) is 17.9. The highest BCUT2D eigenvalue weighted by atomic mass is 16.6. The van der Waals surface area contributed by atoms with Crippen LogP contribution in [-0.4, -0.2) is 59.5 Å². The van der Waals surface area contributed by atoms with E-state index in [1.807, 2.05) is 29.2 Å². The predicted molar refractivity (Wildman–Crippen MR) is 148 cm³/mol. The zero-order chi connectivity index (χ0) is 25.6. The lowest BCUT2D eigenvalue weighted by Gasteiger charge is -2.45. The van der Waals surface area contributed by atoms with Crippen LogP contribution in [0.2, 0.25) is 0 Å². The fourth-order valence-corrected chi connectivity index (χ4v) is 7.45. The Hall–Kier alpha value is -2.92. The molecule has 0 saturated carbocycles. The monoisotopic (exact) mass is 498 g/mol. The van der Waals surface area contributed by atoms with Gasteiger partial charge in [0.2, 0.25) is 0 Å². The van der Waals surface area contributed by atoms with E-state index < -0.39 is 0 Å². The van der Waals surface area contributed by atoms with Gasteiger partial charge in [-0.25, -0.2) is 0 Å². The molecule has 194 valence electrons. The first-order valence-corrected chi connectivity index (χ1v) is 14.1. The van der Waals surface area contributed by atoms with Crippen molar-refractivity contribution in [2.24, 2.45) is 5.41 Å². The molecule has 5 heteroatoms. The Kier molecular flexibility index (Phi) is 6.22. The average Bonchev–Trinajstić information content (AvgIpc) is 3.15. The highest BCUT2D eigenvalue weighted by molar-refractivity contribution is 6.18. The van der Waals surface area contributed by atoms with Crippen molar-refractivity contribution in [3.63, 3.8) is 0 Å². The van der Waals surface area contributed by atoms with Crippen molar-refractivity contribution in [1.29, 1.82) is 0 Å². The van der Waals surface area contributed by atoms with Crippen LogP contribution in [-0.2, 0) is 9.53 Å². The van der Waals surface area contributed by atoms with Gasteiger partial charge < -0.3 is 9.64 Å². The molecule has 3 heterocycles. The molecule has 0 radical (unpaired) electrons. The van der Waals surface area contributed by atoms with Crippen molar-refractivity contribution < 1.29 is 14.3 Å². The molecule has 1 spiro atoms. The normalized spacial score (nSPS) is 27.3. The second kappa shape index (κ2) is 9.43. The van der Waals surface area contributed by atoms with Crippen molar-refractivity contribution in [2.45, 2.75) is 70.4 Å². The Labute approximate surface area is 219 Å². The molecule has 2 unspecified atom stereocenters. The van der Waals surface area contributed by atoms with Gasteiger partial charge in [-0.05, 0) is 73.2 Å². The van der Waals surface area contributed by atoms with Crippen molar-refractivity contribution in [3.05, 3.63) is 60.2 Å². The lowest BCUT2D eigenvalue weighted by atomic mass is 9.73. The minimum atomic E-state index is -0.350. The Bertz CT molecular complexity index is 1290. The van der Waals surface area contributed by atoms with Gasteiger partial charge in [-0.15, -0.1) is 0 Å². The first kappa shape index (κ1) is 24.4. The number of esters is 1. The van der Waals surface area contributed by atoms with Crippen LogP contribution in [0.4, 0.5) is 0 Å². The van der Waals surface area contributed by atoms with E-state index in [1.54, 1.807) is 0 Å². The minimum Gasteiger partial charge on any atom is -0.459 e. The van der Waals surface area contributed by atoms with E-state index in [4.69, 9.17) is 4.74 Å². The summed E-state index contributed by atoms with van der Waals surface area (Å²) in [4.78, 5) is 31.6. The number of cyclic esters (lactones) is 1. The standard InChI is InChI=1S/C32H38N2O3/c1-3-15-31(2)21-32(30(36)37-31)16-8-17-34(22-32)25-13-18-33(19-14-25)29(35)28-26-11-6-4-9-23(26)20-24-10-5-7-12-27(24)28/h4-7,9-12,20,25H,3,8,13-19,21-22H2,1-2H3. The number of carbonyl (C=O) groups excluding carboxylic acids is 2. The third kappa shape index (κ3) is 4.31. The van der Waals surface area contributed by atoms with Crippen LogP contribution in [0.1, 0.15) is 69.2 Å². The van der Waals surface area contributed by atoms with E-state index in [1.165, 1.54) is 0 Å². The fraction of sp³-hybridized carbons (Fsp3) is 0.500. The number of piperidine rings is 2. The first-order valence-electron chi connectivity index (χ1n) is 14.1. The van der Waals surface area contributed by atoms with Crippen LogP contribution in [0.5, 0.6) is 0 Å². The van der Waals surface area contributed by atoms with E-state index in [0.717, 1.165) is 98.2 Å². The third-order valence-corrected chi connectivity index (χ3v) is 9.12. The van der Waals surface area contributed by atoms with Crippen LogP contribution in [0.3, 0.4) is 0 Å². The van der Waals surface area contributed by atoms with Gasteiger partial charge >= 0.3 is 5.97 Å². The third-order valence-electron chi connectivity index (χ3n) is 9.12. The van der Waals surface area contributed by atoms with Crippen molar-refractivity contribution >= 4 is 33.4 Å².